The van der Waals surface area contributed by atoms with Gasteiger partial charge in [-0.1, -0.05) is 0 Å². The minimum Gasteiger partial charge on any atom is -0.378 e. The molecular formula is C6H12NO2. The van der Waals surface area contributed by atoms with Gasteiger partial charge < -0.3 is 10.1 Å². The van der Waals surface area contributed by atoms with Crippen molar-refractivity contribution in [2.24, 2.45) is 0 Å². The quantitative estimate of drug-likeness (QED) is 0.533. The fraction of sp³-hybridized carbons (Fsp3) is 1.00. The molecule has 0 amide bonds. The largest absolute Gasteiger partial charge is 0.378 e. The number of ether oxygens (including phenoxy) is 1. The Morgan fingerprint density at radius 1 is 1.78 bits per heavy atom. The third kappa shape index (κ3) is 1.93. The molecule has 1 rings (SSSR count). The smallest absolute Gasteiger partial charge is 0.108 e. The maximum absolute atomic E-state index is 10.7. The molecule has 1 aliphatic heterocycles. The van der Waals surface area contributed by atoms with Crippen LogP contribution in [0.2, 0.25) is 0 Å². The Balaban J connectivity index is 2.23. The second-order valence-corrected chi connectivity index (χ2v) is 2.34. The second kappa shape index (κ2) is 3.15. The van der Waals surface area contributed by atoms with Gasteiger partial charge in [-0.3, -0.25) is 0 Å². The molecule has 1 aliphatic rings. The lowest BCUT2D eigenvalue weighted by Gasteiger charge is -2.24. The molecule has 1 radical (unpaired) electrons. The van der Waals surface area contributed by atoms with E-state index in [0.29, 0.717) is 6.61 Å². The molecular weight excluding hydrogens is 118 g/mol. The number of nitrogens with one attached hydrogen (secondary N) is 1. The predicted molar refractivity (Wildman–Crippen MR) is 32.8 cm³/mol. The van der Waals surface area contributed by atoms with Crippen molar-refractivity contribution in [3.8, 4) is 0 Å². The van der Waals surface area contributed by atoms with Gasteiger partial charge in [-0.2, -0.15) is 0 Å². The summed E-state index contributed by atoms with van der Waals surface area (Å²) in [6, 6.07) is 0.0266. The Morgan fingerprint density at radius 2 is 2.56 bits per heavy atom. The maximum atomic E-state index is 10.7. The summed E-state index contributed by atoms with van der Waals surface area (Å²) in [6.45, 7) is 3.79. The molecule has 3 nitrogen and oxygen atoms in total. The van der Waals surface area contributed by atoms with Crippen LogP contribution in [0.5, 0.6) is 0 Å². The van der Waals surface area contributed by atoms with Crippen LogP contribution in [0.15, 0.2) is 0 Å². The highest BCUT2D eigenvalue weighted by Gasteiger charge is 2.18. The first kappa shape index (κ1) is 6.99. The summed E-state index contributed by atoms with van der Waals surface area (Å²) in [7, 11) is 0. The third-order valence-corrected chi connectivity index (χ3v) is 1.52. The summed E-state index contributed by atoms with van der Waals surface area (Å²) in [5.74, 6) is 0. The monoisotopic (exact) mass is 130 g/mol. The average molecular weight is 130 g/mol. The van der Waals surface area contributed by atoms with E-state index in [0.717, 1.165) is 13.2 Å². The topological polar surface area (TPSA) is 41.2 Å². The summed E-state index contributed by atoms with van der Waals surface area (Å²) in [4.78, 5) is 0. The molecule has 9 heavy (non-hydrogen) atoms. The normalized spacial score (nSPS) is 32.0. The van der Waals surface area contributed by atoms with Crippen LogP contribution in [0, 0.1) is 0 Å². The summed E-state index contributed by atoms with van der Waals surface area (Å²) in [6.07, 6.45) is -0.551. The minimum absolute atomic E-state index is 0.0266. The molecule has 53 valence electrons. The van der Waals surface area contributed by atoms with Gasteiger partial charge >= 0.3 is 0 Å². The van der Waals surface area contributed by atoms with Gasteiger partial charge in [0.05, 0.1) is 19.3 Å². The SMILES string of the molecule is CC([O])C1COCCN1. The highest BCUT2D eigenvalue weighted by molar-refractivity contribution is 4.74. The molecule has 0 bridgehead atoms. The van der Waals surface area contributed by atoms with Gasteiger partial charge in [0, 0.05) is 6.54 Å². The number of rotatable bonds is 1. The Bertz CT molecular complexity index is 79.1. The summed E-state index contributed by atoms with van der Waals surface area (Å²) in [5.41, 5.74) is 0. The lowest BCUT2D eigenvalue weighted by molar-refractivity contribution is -0.00338. The van der Waals surface area contributed by atoms with Crippen LogP contribution >= 0.6 is 0 Å². The zero-order valence-electron chi connectivity index (χ0n) is 5.59. The van der Waals surface area contributed by atoms with E-state index in [-0.39, 0.29) is 6.04 Å². The van der Waals surface area contributed by atoms with Crippen LogP contribution in [-0.4, -0.2) is 31.9 Å². The van der Waals surface area contributed by atoms with Gasteiger partial charge in [-0.05, 0) is 6.92 Å². The molecule has 0 saturated carbocycles. The zero-order chi connectivity index (χ0) is 6.69. The molecule has 1 heterocycles. The van der Waals surface area contributed by atoms with Gasteiger partial charge in [0.15, 0.2) is 0 Å². The number of hydrogen-bond acceptors (Lipinski definition) is 2. The molecule has 3 heteroatoms. The van der Waals surface area contributed by atoms with E-state index in [2.05, 4.69) is 5.32 Å². The predicted octanol–water partition coefficient (Wildman–Crippen LogP) is -0.206. The van der Waals surface area contributed by atoms with Crippen molar-refractivity contribution in [1.82, 2.24) is 5.32 Å². The van der Waals surface area contributed by atoms with Crippen LogP contribution in [0.4, 0.5) is 0 Å². The molecule has 1 saturated heterocycles. The van der Waals surface area contributed by atoms with Gasteiger partial charge in [0.2, 0.25) is 0 Å². The van der Waals surface area contributed by atoms with Gasteiger partial charge in [-0.15, -0.1) is 0 Å². The van der Waals surface area contributed by atoms with Crippen LogP contribution < -0.4 is 5.32 Å². The Labute approximate surface area is 55.0 Å². The van der Waals surface area contributed by atoms with Crippen molar-refractivity contribution in [3.63, 3.8) is 0 Å². The van der Waals surface area contributed by atoms with Crippen LogP contribution in [0.1, 0.15) is 6.92 Å². The van der Waals surface area contributed by atoms with E-state index in [9.17, 15) is 5.11 Å². The second-order valence-electron chi connectivity index (χ2n) is 2.34. The Kier molecular flexibility index (Phi) is 2.45. The van der Waals surface area contributed by atoms with Crippen LogP contribution in [-0.2, 0) is 9.84 Å². The minimum atomic E-state index is -0.551. The standard InChI is InChI=1S/C6H12NO2/c1-5(8)6-4-9-3-2-7-6/h5-7H,2-4H2,1H3. The molecule has 0 aromatic heterocycles. The van der Waals surface area contributed by atoms with Crippen LogP contribution in [0.25, 0.3) is 0 Å². The highest BCUT2D eigenvalue weighted by Crippen LogP contribution is 1.97. The van der Waals surface area contributed by atoms with E-state index in [1.54, 1.807) is 6.92 Å². The first-order valence-electron chi connectivity index (χ1n) is 3.27. The fourth-order valence-corrected chi connectivity index (χ4v) is 0.887. The molecule has 1 N–H and O–H groups in total. The van der Waals surface area contributed by atoms with Crippen molar-refractivity contribution < 1.29 is 9.84 Å². The molecule has 2 unspecified atom stereocenters. The number of hydrogen-bond donors (Lipinski definition) is 1. The van der Waals surface area contributed by atoms with Crippen molar-refractivity contribution in [2.45, 2.75) is 19.1 Å². The first-order chi connectivity index (χ1) is 4.30. The van der Waals surface area contributed by atoms with E-state index in [1.807, 2.05) is 0 Å². The van der Waals surface area contributed by atoms with Crippen LogP contribution in [0.3, 0.4) is 0 Å². The average Bonchev–Trinajstić information content (AvgIpc) is 1.90. The lowest BCUT2D eigenvalue weighted by atomic mass is 10.2. The van der Waals surface area contributed by atoms with E-state index in [1.165, 1.54) is 0 Å². The van der Waals surface area contributed by atoms with E-state index < -0.39 is 6.10 Å². The summed E-state index contributed by atoms with van der Waals surface area (Å²) < 4.78 is 5.08. The van der Waals surface area contributed by atoms with Crippen molar-refractivity contribution in [3.05, 3.63) is 0 Å². The lowest BCUT2D eigenvalue weighted by Crippen LogP contribution is -2.47. The highest BCUT2D eigenvalue weighted by atomic mass is 16.5. The molecule has 1 fully saturated rings. The van der Waals surface area contributed by atoms with Crippen molar-refractivity contribution in [2.75, 3.05) is 19.8 Å². The van der Waals surface area contributed by atoms with Crippen molar-refractivity contribution >= 4 is 0 Å². The summed E-state index contributed by atoms with van der Waals surface area (Å²) >= 11 is 0. The molecule has 0 aromatic rings. The van der Waals surface area contributed by atoms with E-state index >= 15 is 0 Å². The molecule has 2 atom stereocenters. The van der Waals surface area contributed by atoms with Gasteiger partial charge in [0.25, 0.3) is 0 Å². The zero-order valence-corrected chi connectivity index (χ0v) is 5.59. The summed E-state index contributed by atoms with van der Waals surface area (Å²) in [5, 5.41) is 13.8. The molecule has 0 aliphatic carbocycles. The maximum Gasteiger partial charge on any atom is 0.108 e. The third-order valence-electron chi connectivity index (χ3n) is 1.52. The first-order valence-corrected chi connectivity index (χ1v) is 3.27. The Hall–Kier alpha value is -0.120. The fourth-order valence-electron chi connectivity index (χ4n) is 0.887. The van der Waals surface area contributed by atoms with E-state index in [4.69, 9.17) is 4.74 Å². The van der Waals surface area contributed by atoms with Gasteiger partial charge in [0.1, 0.15) is 6.10 Å². The van der Waals surface area contributed by atoms with Crippen molar-refractivity contribution in [1.29, 1.82) is 0 Å². The number of morpholine rings is 1. The molecule has 0 spiro atoms. The molecule has 0 aromatic carbocycles. The van der Waals surface area contributed by atoms with Gasteiger partial charge in [-0.25, -0.2) is 5.11 Å². The Morgan fingerprint density at radius 3 is 2.89 bits per heavy atom.